The number of carbonyl (C=O) groups is 2. The van der Waals surface area contributed by atoms with Gasteiger partial charge in [0.1, 0.15) is 0 Å². The van der Waals surface area contributed by atoms with E-state index in [1.54, 1.807) is 6.08 Å². The molecule has 2 amide bonds. The van der Waals surface area contributed by atoms with Crippen molar-refractivity contribution in [3.05, 3.63) is 47.5 Å². The maximum absolute atomic E-state index is 12.4. The average molecular weight is 329 g/mol. The Bertz CT molecular complexity index is 602. The number of aryl methyl sites for hydroxylation is 1. The predicted octanol–water partition coefficient (Wildman–Crippen LogP) is 1.33. The Balaban J connectivity index is 1.82. The summed E-state index contributed by atoms with van der Waals surface area (Å²) in [7, 11) is 3.93. The van der Waals surface area contributed by atoms with E-state index in [0.29, 0.717) is 32.6 Å². The van der Waals surface area contributed by atoms with Crippen LogP contribution >= 0.6 is 0 Å². The molecule has 1 aromatic carbocycles. The number of hydrogen-bond donors (Lipinski definition) is 0. The highest BCUT2D eigenvalue weighted by molar-refractivity contribution is 5.88. The lowest BCUT2D eigenvalue weighted by Gasteiger charge is -2.34. The van der Waals surface area contributed by atoms with Crippen molar-refractivity contribution in [2.45, 2.75) is 13.3 Å². The van der Waals surface area contributed by atoms with Gasteiger partial charge >= 0.3 is 0 Å². The van der Waals surface area contributed by atoms with Gasteiger partial charge in [-0.05, 0) is 32.1 Å². The fraction of sp³-hybridized carbons (Fsp3) is 0.474. The molecular weight excluding hydrogens is 302 g/mol. The Hall–Kier alpha value is -2.14. The van der Waals surface area contributed by atoms with Gasteiger partial charge in [-0.25, -0.2) is 0 Å². The van der Waals surface area contributed by atoms with Crippen molar-refractivity contribution in [3.8, 4) is 0 Å². The number of likely N-dealkylation sites (N-methyl/N-ethyl adjacent to an activating group) is 1. The standard InChI is InChI=1S/C19H27N3O2/c1-16-7-4-5-8-17(16)15-19(24)22-13-11-21(12-14-22)18(23)9-6-10-20(2)3/h4-9H,10-15H2,1-3H3/b9-6+. The van der Waals surface area contributed by atoms with Crippen molar-refractivity contribution in [2.75, 3.05) is 46.8 Å². The fourth-order valence-electron chi connectivity index (χ4n) is 2.73. The molecule has 0 bridgehead atoms. The largest absolute Gasteiger partial charge is 0.339 e. The number of carbonyl (C=O) groups excluding carboxylic acids is 2. The van der Waals surface area contributed by atoms with Crippen LogP contribution in [0, 0.1) is 6.92 Å². The van der Waals surface area contributed by atoms with Crippen LogP contribution in [-0.2, 0) is 16.0 Å². The van der Waals surface area contributed by atoms with Gasteiger partial charge in [0.2, 0.25) is 11.8 Å². The molecule has 5 heteroatoms. The van der Waals surface area contributed by atoms with Crippen molar-refractivity contribution < 1.29 is 9.59 Å². The number of piperazine rings is 1. The van der Waals surface area contributed by atoms with E-state index in [-0.39, 0.29) is 11.8 Å². The van der Waals surface area contributed by atoms with E-state index >= 15 is 0 Å². The monoisotopic (exact) mass is 329 g/mol. The summed E-state index contributed by atoms with van der Waals surface area (Å²) in [4.78, 5) is 30.2. The van der Waals surface area contributed by atoms with Crippen LogP contribution in [-0.4, -0.2) is 73.3 Å². The zero-order chi connectivity index (χ0) is 17.5. The van der Waals surface area contributed by atoms with Gasteiger partial charge in [-0.1, -0.05) is 30.3 Å². The maximum Gasteiger partial charge on any atom is 0.246 e. The molecule has 130 valence electrons. The SMILES string of the molecule is Cc1ccccc1CC(=O)N1CCN(C(=O)/C=C/CN(C)C)CC1. The maximum atomic E-state index is 12.4. The van der Waals surface area contributed by atoms with Crippen LogP contribution < -0.4 is 0 Å². The van der Waals surface area contributed by atoms with E-state index in [9.17, 15) is 9.59 Å². The van der Waals surface area contributed by atoms with Crippen LogP contribution in [0.3, 0.4) is 0 Å². The van der Waals surface area contributed by atoms with Gasteiger partial charge in [0.05, 0.1) is 6.42 Å². The van der Waals surface area contributed by atoms with Crippen LogP contribution in [0.25, 0.3) is 0 Å². The average Bonchev–Trinajstić information content (AvgIpc) is 2.56. The molecule has 0 aliphatic carbocycles. The van der Waals surface area contributed by atoms with Gasteiger partial charge in [-0.3, -0.25) is 9.59 Å². The molecule has 1 saturated heterocycles. The molecule has 0 spiro atoms. The van der Waals surface area contributed by atoms with Gasteiger partial charge in [-0.2, -0.15) is 0 Å². The normalized spacial score (nSPS) is 15.3. The third kappa shape index (κ3) is 5.20. The summed E-state index contributed by atoms with van der Waals surface area (Å²) in [6.07, 6.45) is 3.94. The first-order chi connectivity index (χ1) is 11.5. The van der Waals surface area contributed by atoms with Crippen molar-refractivity contribution in [1.29, 1.82) is 0 Å². The molecule has 0 N–H and O–H groups in total. The number of nitrogens with zero attached hydrogens (tertiary/aromatic N) is 3. The summed E-state index contributed by atoms with van der Waals surface area (Å²) < 4.78 is 0. The number of rotatable bonds is 5. The lowest BCUT2D eigenvalue weighted by Crippen LogP contribution is -2.50. The predicted molar refractivity (Wildman–Crippen MR) is 95.7 cm³/mol. The highest BCUT2D eigenvalue weighted by atomic mass is 16.2. The van der Waals surface area contributed by atoms with Crippen LogP contribution in [0.4, 0.5) is 0 Å². The lowest BCUT2D eigenvalue weighted by atomic mass is 10.1. The third-order valence-electron chi connectivity index (χ3n) is 4.28. The Morgan fingerprint density at radius 2 is 1.71 bits per heavy atom. The third-order valence-corrected chi connectivity index (χ3v) is 4.28. The number of amides is 2. The molecule has 0 unspecified atom stereocenters. The summed E-state index contributed by atoms with van der Waals surface area (Å²) in [5, 5.41) is 0. The van der Waals surface area contributed by atoms with Crippen LogP contribution in [0.2, 0.25) is 0 Å². The lowest BCUT2D eigenvalue weighted by molar-refractivity contribution is -0.136. The van der Waals surface area contributed by atoms with Crippen LogP contribution in [0.5, 0.6) is 0 Å². The minimum atomic E-state index is 0.0304. The topological polar surface area (TPSA) is 43.9 Å². The Morgan fingerprint density at radius 1 is 1.08 bits per heavy atom. The fourth-order valence-corrected chi connectivity index (χ4v) is 2.73. The first-order valence-corrected chi connectivity index (χ1v) is 8.40. The van der Waals surface area contributed by atoms with E-state index in [2.05, 4.69) is 0 Å². The van der Waals surface area contributed by atoms with Crippen molar-refractivity contribution in [3.63, 3.8) is 0 Å². The number of hydrogen-bond acceptors (Lipinski definition) is 3. The van der Waals surface area contributed by atoms with Gasteiger partial charge < -0.3 is 14.7 Å². The molecule has 2 rings (SSSR count). The van der Waals surface area contributed by atoms with Crippen molar-refractivity contribution in [1.82, 2.24) is 14.7 Å². The van der Waals surface area contributed by atoms with Crippen LogP contribution in [0.1, 0.15) is 11.1 Å². The van der Waals surface area contributed by atoms with Gasteiger partial charge in [0.15, 0.2) is 0 Å². The van der Waals surface area contributed by atoms with Gasteiger partial charge in [-0.15, -0.1) is 0 Å². The van der Waals surface area contributed by atoms with E-state index in [4.69, 9.17) is 0 Å². The Morgan fingerprint density at radius 3 is 2.33 bits per heavy atom. The van der Waals surface area contributed by atoms with E-state index < -0.39 is 0 Å². The second-order valence-electron chi connectivity index (χ2n) is 6.47. The zero-order valence-corrected chi connectivity index (χ0v) is 14.9. The molecule has 1 fully saturated rings. The molecule has 0 saturated carbocycles. The first-order valence-electron chi connectivity index (χ1n) is 8.40. The molecule has 1 aromatic rings. The second-order valence-corrected chi connectivity index (χ2v) is 6.47. The van der Waals surface area contributed by atoms with Crippen molar-refractivity contribution >= 4 is 11.8 Å². The summed E-state index contributed by atoms with van der Waals surface area (Å²) >= 11 is 0. The molecule has 5 nitrogen and oxygen atoms in total. The van der Waals surface area contributed by atoms with Crippen LogP contribution in [0.15, 0.2) is 36.4 Å². The number of benzene rings is 1. The molecule has 1 heterocycles. The molecule has 0 radical (unpaired) electrons. The molecule has 0 atom stereocenters. The zero-order valence-electron chi connectivity index (χ0n) is 14.9. The summed E-state index contributed by atoms with van der Waals surface area (Å²) in [6.45, 7) is 5.20. The van der Waals surface area contributed by atoms with E-state index in [1.807, 2.05) is 66.1 Å². The van der Waals surface area contributed by atoms with E-state index in [0.717, 1.165) is 17.7 Å². The summed E-state index contributed by atoms with van der Waals surface area (Å²) in [5.41, 5.74) is 2.22. The molecule has 24 heavy (non-hydrogen) atoms. The Labute approximate surface area is 144 Å². The van der Waals surface area contributed by atoms with Gasteiger partial charge in [0, 0.05) is 38.8 Å². The highest BCUT2D eigenvalue weighted by Crippen LogP contribution is 2.11. The van der Waals surface area contributed by atoms with Crippen molar-refractivity contribution in [2.24, 2.45) is 0 Å². The summed E-state index contributed by atoms with van der Waals surface area (Å²) in [6, 6.07) is 7.98. The Kier molecular flexibility index (Phi) is 6.55. The molecule has 0 aromatic heterocycles. The highest BCUT2D eigenvalue weighted by Gasteiger charge is 2.23. The quantitative estimate of drug-likeness (QED) is 0.766. The minimum Gasteiger partial charge on any atom is -0.339 e. The molecular formula is C19H27N3O2. The smallest absolute Gasteiger partial charge is 0.246 e. The summed E-state index contributed by atoms with van der Waals surface area (Å²) in [5.74, 6) is 0.169. The van der Waals surface area contributed by atoms with Gasteiger partial charge in [0.25, 0.3) is 0 Å². The first kappa shape index (κ1) is 18.2. The molecule has 1 aliphatic rings. The second kappa shape index (κ2) is 8.64. The van der Waals surface area contributed by atoms with E-state index in [1.165, 1.54) is 0 Å². The minimum absolute atomic E-state index is 0.0304. The molecule has 1 aliphatic heterocycles.